The summed E-state index contributed by atoms with van der Waals surface area (Å²) < 4.78 is 0.867. The van der Waals surface area contributed by atoms with Gasteiger partial charge in [0, 0.05) is 22.4 Å². The van der Waals surface area contributed by atoms with E-state index >= 15 is 0 Å². The van der Waals surface area contributed by atoms with E-state index in [1.807, 2.05) is 13.0 Å². The minimum Gasteiger partial charge on any atom is -0.384 e. The van der Waals surface area contributed by atoms with Crippen molar-refractivity contribution >= 4 is 33.5 Å². The summed E-state index contributed by atoms with van der Waals surface area (Å²) in [7, 11) is 0. The van der Waals surface area contributed by atoms with Gasteiger partial charge in [-0.1, -0.05) is 0 Å². The molecule has 0 fully saturated rings. The number of rotatable bonds is 2. The SMILES string of the molecule is Cc1cc(Br)cnc1NC(=O)c1ccnc(N)c1. The number of aromatic nitrogens is 2. The first-order valence-electron chi connectivity index (χ1n) is 5.21. The van der Waals surface area contributed by atoms with Gasteiger partial charge in [0.25, 0.3) is 5.91 Å². The smallest absolute Gasteiger partial charge is 0.257 e. The number of nitrogens with two attached hydrogens (primary N) is 1. The van der Waals surface area contributed by atoms with E-state index in [4.69, 9.17) is 5.73 Å². The zero-order chi connectivity index (χ0) is 13.1. The molecule has 0 saturated heterocycles. The highest BCUT2D eigenvalue weighted by Gasteiger charge is 2.09. The van der Waals surface area contributed by atoms with Gasteiger partial charge in [-0.15, -0.1) is 0 Å². The van der Waals surface area contributed by atoms with Gasteiger partial charge in [0.1, 0.15) is 11.6 Å². The van der Waals surface area contributed by atoms with E-state index in [0.29, 0.717) is 17.2 Å². The van der Waals surface area contributed by atoms with Crippen LogP contribution in [0.15, 0.2) is 35.1 Å². The van der Waals surface area contributed by atoms with E-state index in [2.05, 4.69) is 31.2 Å². The zero-order valence-corrected chi connectivity index (χ0v) is 11.2. The summed E-state index contributed by atoms with van der Waals surface area (Å²) in [6.45, 7) is 1.87. The third-order valence-electron chi connectivity index (χ3n) is 2.32. The van der Waals surface area contributed by atoms with Gasteiger partial charge in [-0.3, -0.25) is 4.79 Å². The molecule has 0 spiro atoms. The summed E-state index contributed by atoms with van der Waals surface area (Å²) in [5.41, 5.74) is 6.85. The highest BCUT2D eigenvalue weighted by atomic mass is 79.9. The molecule has 2 aromatic rings. The van der Waals surface area contributed by atoms with Crippen LogP contribution in [0.4, 0.5) is 11.6 Å². The number of nitrogen functional groups attached to an aromatic ring is 1. The summed E-state index contributed by atoms with van der Waals surface area (Å²) in [5, 5.41) is 2.73. The van der Waals surface area contributed by atoms with Gasteiger partial charge in [0.15, 0.2) is 0 Å². The van der Waals surface area contributed by atoms with E-state index < -0.39 is 0 Å². The second-order valence-electron chi connectivity index (χ2n) is 3.74. The van der Waals surface area contributed by atoms with Crippen LogP contribution in [0, 0.1) is 6.92 Å². The molecule has 3 N–H and O–H groups in total. The number of halogens is 1. The predicted molar refractivity (Wildman–Crippen MR) is 73.3 cm³/mol. The molecule has 0 aliphatic heterocycles. The maximum absolute atomic E-state index is 12.0. The molecule has 1 amide bonds. The molecule has 0 aliphatic rings. The maximum Gasteiger partial charge on any atom is 0.257 e. The monoisotopic (exact) mass is 306 g/mol. The number of carbonyl (C=O) groups excluding carboxylic acids is 1. The normalized spacial score (nSPS) is 10.1. The third-order valence-corrected chi connectivity index (χ3v) is 2.75. The number of aryl methyl sites for hydroxylation is 1. The molecule has 2 heterocycles. The van der Waals surface area contributed by atoms with E-state index in [-0.39, 0.29) is 5.91 Å². The predicted octanol–water partition coefficient (Wildman–Crippen LogP) is 2.38. The van der Waals surface area contributed by atoms with Crippen molar-refractivity contribution in [3.8, 4) is 0 Å². The number of nitrogens with one attached hydrogen (secondary N) is 1. The number of hydrogen-bond donors (Lipinski definition) is 2. The number of hydrogen-bond acceptors (Lipinski definition) is 4. The molecule has 0 saturated carbocycles. The standard InChI is InChI=1S/C12H11BrN4O/c1-7-4-9(13)6-16-11(7)17-12(18)8-2-3-15-10(14)5-8/h2-6H,1H3,(H2,14,15)(H,16,17,18). The van der Waals surface area contributed by atoms with Crippen molar-refractivity contribution in [3.05, 3.63) is 46.2 Å². The van der Waals surface area contributed by atoms with Crippen LogP contribution in [0.5, 0.6) is 0 Å². The van der Waals surface area contributed by atoms with Crippen LogP contribution in [-0.4, -0.2) is 15.9 Å². The van der Waals surface area contributed by atoms with Crippen molar-refractivity contribution in [2.75, 3.05) is 11.1 Å². The number of carbonyl (C=O) groups is 1. The van der Waals surface area contributed by atoms with Crippen molar-refractivity contribution in [2.24, 2.45) is 0 Å². The summed E-state index contributed by atoms with van der Waals surface area (Å²) in [4.78, 5) is 19.9. The Labute approximate surface area is 113 Å². The van der Waals surface area contributed by atoms with Gasteiger partial charge in [0.2, 0.25) is 0 Å². The fourth-order valence-corrected chi connectivity index (χ4v) is 1.89. The van der Waals surface area contributed by atoms with E-state index in [1.54, 1.807) is 12.3 Å². The Morgan fingerprint density at radius 3 is 2.83 bits per heavy atom. The zero-order valence-electron chi connectivity index (χ0n) is 9.64. The Hall–Kier alpha value is -1.95. The molecule has 2 aromatic heterocycles. The first kappa shape index (κ1) is 12.5. The molecule has 0 bridgehead atoms. The van der Waals surface area contributed by atoms with Gasteiger partial charge in [-0.2, -0.15) is 0 Å². The molecule has 0 aromatic carbocycles. The van der Waals surface area contributed by atoms with Gasteiger partial charge in [-0.05, 0) is 46.6 Å². The van der Waals surface area contributed by atoms with Crippen LogP contribution >= 0.6 is 15.9 Å². The van der Waals surface area contributed by atoms with Crippen molar-refractivity contribution in [1.82, 2.24) is 9.97 Å². The summed E-state index contributed by atoms with van der Waals surface area (Å²) in [6, 6.07) is 4.99. The van der Waals surface area contributed by atoms with Gasteiger partial charge < -0.3 is 11.1 Å². The average Bonchev–Trinajstić information content (AvgIpc) is 2.32. The van der Waals surface area contributed by atoms with Crippen LogP contribution in [0.2, 0.25) is 0 Å². The van der Waals surface area contributed by atoms with Crippen molar-refractivity contribution in [3.63, 3.8) is 0 Å². The molecular weight excluding hydrogens is 296 g/mol. The molecule has 0 aliphatic carbocycles. The molecule has 5 nitrogen and oxygen atoms in total. The molecule has 18 heavy (non-hydrogen) atoms. The van der Waals surface area contributed by atoms with Crippen LogP contribution in [0.25, 0.3) is 0 Å². The first-order valence-corrected chi connectivity index (χ1v) is 6.00. The Bertz CT molecular complexity index is 600. The highest BCUT2D eigenvalue weighted by molar-refractivity contribution is 9.10. The number of pyridine rings is 2. The molecule has 92 valence electrons. The second-order valence-corrected chi connectivity index (χ2v) is 4.66. The molecule has 0 unspecified atom stereocenters. The second kappa shape index (κ2) is 5.14. The van der Waals surface area contributed by atoms with Gasteiger partial charge >= 0.3 is 0 Å². The first-order chi connectivity index (χ1) is 8.56. The fourth-order valence-electron chi connectivity index (χ4n) is 1.44. The lowest BCUT2D eigenvalue weighted by atomic mass is 10.2. The maximum atomic E-state index is 12.0. The summed E-state index contributed by atoms with van der Waals surface area (Å²) >= 11 is 3.32. The molecule has 0 atom stereocenters. The van der Waals surface area contributed by atoms with Crippen molar-refractivity contribution in [2.45, 2.75) is 6.92 Å². The molecular formula is C12H11BrN4O. The van der Waals surface area contributed by atoms with Crippen LogP contribution in [-0.2, 0) is 0 Å². The lowest BCUT2D eigenvalue weighted by molar-refractivity contribution is 0.102. The summed E-state index contributed by atoms with van der Waals surface area (Å²) in [6.07, 6.45) is 3.12. The van der Waals surface area contributed by atoms with E-state index in [9.17, 15) is 4.79 Å². The van der Waals surface area contributed by atoms with Crippen molar-refractivity contribution in [1.29, 1.82) is 0 Å². The number of anilines is 2. The topological polar surface area (TPSA) is 80.9 Å². The third kappa shape index (κ3) is 2.84. The number of nitrogens with zero attached hydrogens (tertiary/aromatic N) is 2. The Morgan fingerprint density at radius 2 is 2.17 bits per heavy atom. The molecule has 2 rings (SSSR count). The Balaban J connectivity index is 2.21. The Morgan fingerprint density at radius 1 is 1.39 bits per heavy atom. The Kier molecular flexibility index (Phi) is 3.57. The number of amides is 1. The van der Waals surface area contributed by atoms with Crippen molar-refractivity contribution < 1.29 is 4.79 Å². The van der Waals surface area contributed by atoms with Gasteiger partial charge in [0.05, 0.1) is 0 Å². The van der Waals surface area contributed by atoms with E-state index in [0.717, 1.165) is 10.0 Å². The minimum atomic E-state index is -0.262. The lowest BCUT2D eigenvalue weighted by Crippen LogP contribution is -2.14. The highest BCUT2D eigenvalue weighted by Crippen LogP contribution is 2.17. The van der Waals surface area contributed by atoms with Crippen LogP contribution in [0.3, 0.4) is 0 Å². The largest absolute Gasteiger partial charge is 0.384 e. The average molecular weight is 307 g/mol. The summed E-state index contributed by atoms with van der Waals surface area (Å²) in [5.74, 6) is 0.573. The minimum absolute atomic E-state index is 0.262. The molecule has 0 radical (unpaired) electrons. The molecule has 6 heteroatoms. The lowest BCUT2D eigenvalue weighted by Gasteiger charge is -2.07. The van der Waals surface area contributed by atoms with Crippen LogP contribution < -0.4 is 11.1 Å². The quantitative estimate of drug-likeness (QED) is 0.892. The van der Waals surface area contributed by atoms with Crippen LogP contribution in [0.1, 0.15) is 15.9 Å². The van der Waals surface area contributed by atoms with E-state index in [1.165, 1.54) is 12.3 Å². The van der Waals surface area contributed by atoms with Gasteiger partial charge in [-0.25, -0.2) is 9.97 Å². The fraction of sp³-hybridized carbons (Fsp3) is 0.0833.